The van der Waals surface area contributed by atoms with Crippen LogP contribution >= 0.6 is 0 Å². The molecule has 1 aliphatic rings. The van der Waals surface area contributed by atoms with Crippen LogP contribution in [0.25, 0.3) is 0 Å². The number of carbonyl (C=O) groups excluding carboxylic acids is 1. The monoisotopic (exact) mass is 173 g/mol. The summed E-state index contributed by atoms with van der Waals surface area (Å²) in [7, 11) is 0. The summed E-state index contributed by atoms with van der Waals surface area (Å²) in [5, 5.41) is 2.71. The van der Waals surface area contributed by atoms with Crippen LogP contribution in [-0.2, 0) is 0 Å². The first-order valence-electron chi connectivity index (χ1n) is 4.49. The van der Waals surface area contributed by atoms with Crippen molar-refractivity contribution in [2.24, 2.45) is 5.73 Å². The van der Waals surface area contributed by atoms with E-state index in [-0.39, 0.29) is 6.03 Å². The average Bonchev–Trinajstić information content (AvgIpc) is 2.51. The molecule has 0 aliphatic carbocycles. The van der Waals surface area contributed by atoms with E-state index < -0.39 is 0 Å². The van der Waals surface area contributed by atoms with Crippen molar-refractivity contribution in [1.29, 1.82) is 0 Å². The van der Waals surface area contributed by atoms with Crippen LogP contribution in [-0.4, -0.2) is 37.1 Å². The number of likely N-dealkylation sites (N-methyl/N-ethyl adjacent to an activating group) is 1. The molecule has 0 atom stereocenters. The topological polar surface area (TPSA) is 58.4 Å². The van der Waals surface area contributed by atoms with Gasteiger partial charge in [0.1, 0.15) is 0 Å². The Labute approximate surface area is 74.1 Å². The van der Waals surface area contributed by atoms with Gasteiger partial charge in [0.25, 0.3) is 0 Å². The zero-order valence-corrected chi connectivity index (χ0v) is 7.97. The fourth-order valence-electron chi connectivity index (χ4n) is 0.813. The van der Waals surface area contributed by atoms with Crippen molar-refractivity contribution >= 4 is 6.03 Å². The standard InChI is InChI=1S/C5H10N2O.C3H9N/c1-2-7-4-3-6-5(7)8;1-2-3-4/h2-4H2,1H3,(H,6,8);2-4H2,1H3. The van der Waals surface area contributed by atoms with E-state index in [0.717, 1.165) is 32.6 Å². The molecule has 0 aromatic rings. The van der Waals surface area contributed by atoms with Crippen LogP contribution in [0.4, 0.5) is 4.79 Å². The maximum atomic E-state index is 10.6. The number of nitrogens with zero attached hydrogens (tertiary/aromatic N) is 1. The van der Waals surface area contributed by atoms with Crippen molar-refractivity contribution in [3.63, 3.8) is 0 Å². The van der Waals surface area contributed by atoms with Gasteiger partial charge < -0.3 is 16.0 Å². The van der Waals surface area contributed by atoms with Crippen LogP contribution in [0.1, 0.15) is 20.3 Å². The van der Waals surface area contributed by atoms with Crippen LogP contribution in [0.5, 0.6) is 0 Å². The number of urea groups is 1. The molecule has 72 valence electrons. The molecule has 0 radical (unpaired) electrons. The van der Waals surface area contributed by atoms with Gasteiger partial charge in [-0.1, -0.05) is 6.92 Å². The molecule has 1 aliphatic heterocycles. The van der Waals surface area contributed by atoms with E-state index in [0.29, 0.717) is 0 Å². The zero-order chi connectivity index (χ0) is 9.40. The number of nitrogens with two attached hydrogens (primary N) is 1. The summed E-state index contributed by atoms with van der Waals surface area (Å²) in [4.78, 5) is 12.4. The minimum absolute atomic E-state index is 0.0764. The quantitative estimate of drug-likeness (QED) is 0.634. The fraction of sp³-hybridized carbons (Fsp3) is 0.875. The van der Waals surface area contributed by atoms with Crippen molar-refractivity contribution in [3.05, 3.63) is 0 Å². The van der Waals surface area contributed by atoms with E-state index in [1.54, 1.807) is 4.90 Å². The second-order valence-corrected chi connectivity index (χ2v) is 2.60. The molecule has 4 nitrogen and oxygen atoms in total. The molecule has 0 bridgehead atoms. The van der Waals surface area contributed by atoms with Gasteiger partial charge in [-0.3, -0.25) is 0 Å². The summed E-state index contributed by atoms with van der Waals surface area (Å²) in [6.07, 6.45) is 1.10. The lowest BCUT2D eigenvalue weighted by molar-refractivity contribution is 0.219. The highest BCUT2D eigenvalue weighted by molar-refractivity contribution is 5.75. The Bertz CT molecular complexity index is 125. The summed E-state index contributed by atoms with van der Waals surface area (Å²) in [6, 6.07) is 0.0764. The third-order valence-corrected chi connectivity index (χ3v) is 1.62. The Morgan fingerprint density at radius 3 is 2.33 bits per heavy atom. The molecular formula is C8H19N3O. The molecule has 4 heteroatoms. The van der Waals surface area contributed by atoms with Gasteiger partial charge in [0.05, 0.1) is 0 Å². The maximum absolute atomic E-state index is 10.6. The molecule has 0 aromatic carbocycles. The predicted molar refractivity (Wildman–Crippen MR) is 50.0 cm³/mol. The molecule has 2 amide bonds. The first kappa shape index (κ1) is 11.2. The summed E-state index contributed by atoms with van der Waals surface area (Å²) in [5.41, 5.74) is 5.03. The van der Waals surface area contributed by atoms with Crippen LogP contribution in [0.2, 0.25) is 0 Å². The second-order valence-electron chi connectivity index (χ2n) is 2.60. The van der Waals surface area contributed by atoms with Crippen molar-refractivity contribution < 1.29 is 4.79 Å². The van der Waals surface area contributed by atoms with Gasteiger partial charge in [0.15, 0.2) is 0 Å². The van der Waals surface area contributed by atoms with Gasteiger partial charge in [-0.25, -0.2) is 4.79 Å². The summed E-state index contributed by atoms with van der Waals surface area (Å²) >= 11 is 0. The lowest BCUT2D eigenvalue weighted by atomic mass is 10.5. The van der Waals surface area contributed by atoms with Crippen molar-refractivity contribution in [3.8, 4) is 0 Å². The smallest absolute Gasteiger partial charge is 0.317 e. The number of amides is 2. The molecule has 1 rings (SSSR count). The Kier molecular flexibility index (Phi) is 6.47. The van der Waals surface area contributed by atoms with E-state index >= 15 is 0 Å². The highest BCUT2D eigenvalue weighted by atomic mass is 16.2. The maximum Gasteiger partial charge on any atom is 0.317 e. The van der Waals surface area contributed by atoms with E-state index in [2.05, 4.69) is 12.2 Å². The van der Waals surface area contributed by atoms with E-state index in [4.69, 9.17) is 5.73 Å². The third kappa shape index (κ3) is 4.18. The molecule has 0 saturated carbocycles. The Morgan fingerprint density at radius 2 is 2.17 bits per heavy atom. The molecule has 1 heterocycles. The van der Waals surface area contributed by atoms with Crippen LogP contribution in [0, 0.1) is 0 Å². The normalized spacial score (nSPS) is 15.2. The predicted octanol–water partition coefficient (Wildman–Crippen LogP) is 0.387. The van der Waals surface area contributed by atoms with Gasteiger partial charge in [0, 0.05) is 19.6 Å². The molecule has 3 N–H and O–H groups in total. The highest BCUT2D eigenvalue weighted by Crippen LogP contribution is 1.93. The van der Waals surface area contributed by atoms with E-state index in [9.17, 15) is 4.79 Å². The SMILES string of the molecule is CCCN.CCN1CCNC1=O. The lowest BCUT2D eigenvalue weighted by Crippen LogP contribution is -2.27. The van der Waals surface area contributed by atoms with E-state index in [1.165, 1.54) is 0 Å². The number of hydrogen-bond acceptors (Lipinski definition) is 2. The minimum atomic E-state index is 0.0764. The molecule has 1 fully saturated rings. The number of nitrogens with one attached hydrogen (secondary N) is 1. The van der Waals surface area contributed by atoms with Crippen LogP contribution < -0.4 is 11.1 Å². The minimum Gasteiger partial charge on any atom is -0.336 e. The molecule has 12 heavy (non-hydrogen) atoms. The first-order chi connectivity index (χ1) is 5.76. The van der Waals surface area contributed by atoms with Gasteiger partial charge >= 0.3 is 6.03 Å². The first-order valence-corrected chi connectivity index (χ1v) is 4.49. The largest absolute Gasteiger partial charge is 0.336 e. The number of carbonyl (C=O) groups is 1. The average molecular weight is 173 g/mol. The lowest BCUT2D eigenvalue weighted by Gasteiger charge is -2.08. The van der Waals surface area contributed by atoms with Gasteiger partial charge in [-0.05, 0) is 19.9 Å². The zero-order valence-electron chi connectivity index (χ0n) is 7.97. The Morgan fingerprint density at radius 1 is 1.58 bits per heavy atom. The highest BCUT2D eigenvalue weighted by Gasteiger charge is 2.15. The van der Waals surface area contributed by atoms with Gasteiger partial charge in [-0.15, -0.1) is 0 Å². The molecule has 0 unspecified atom stereocenters. The summed E-state index contributed by atoms with van der Waals surface area (Å²) in [6.45, 7) is 7.36. The van der Waals surface area contributed by atoms with Gasteiger partial charge in [0.2, 0.25) is 0 Å². The van der Waals surface area contributed by atoms with Crippen LogP contribution in [0.15, 0.2) is 0 Å². The van der Waals surface area contributed by atoms with Crippen molar-refractivity contribution in [2.75, 3.05) is 26.2 Å². The summed E-state index contributed by atoms with van der Waals surface area (Å²) in [5.74, 6) is 0. The van der Waals surface area contributed by atoms with Crippen LogP contribution in [0.3, 0.4) is 0 Å². The van der Waals surface area contributed by atoms with Crippen molar-refractivity contribution in [1.82, 2.24) is 10.2 Å². The number of hydrogen-bond donors (Lipinski definition) is 2. The van der Waals surface area contributed by atoms with E-state index in [1.807, 2.05) is 6.92 Å². The Hall–Kier alpha value is -0.770. The Balaban J connectivity index is 0.000000261. The molecule has 1 saturated heterocycles. The number of rotatable bonds is 2. The van der Waals surface area contributed by atoms with Crippen molar-refractivity contribution in [2.45, 2.75) is 20.3 Å². The fourth-order valence-corrected chi connectivity index (χ4v) is 0.813. The molecule has 0 spiro atoms. The summed E-state index contributed by atoms with van der Waals surface area (Å²) < 4.78 is 0. The van der Waals surface area contributed by atoms with Gasteiger partial charge in [-0.2, -0.15) is 0 Å². The molecule has 0 aromatic heterocycles. The third-order valence-electron chi connectivity index (χ3n) is 1.62. The second kappa shape index (κ2) is 6.91. The molecular weight excluding hydrogens is 154 g/mol.